The number of carbonyl (C=O) groups excluding carboxylic acids is 3. The maximum absolute atomic E-state index is 12.8. The standard InChI is InChI=1S/C30H24N4O7/c1-2-40-27-18-20(12-17-26(27)41-30(37)22-8-4-3-5-9-22)19-31-33-29(36)24-10-6-7-11-25(24)32-28(35)21-13-15-23(16-14-21)34(38)39/h3-19H,2H2,1H3,(H,32,35)(H,33,36)/b31-19-. The lowest BCUT2D eigenvalue weighted by atomic mass is 10.1. The van der Waals surface area contributed by atoms with Crippen molar-refractivity contribution in [1.29, 1.82) is 0 Å². The van der Waals surface area contributed by atoms with E-state index in [1.165, 1.54) is 36.5 Å². The number of nitrogens with one attached hydrogen (secondary N) is 2. The van der Waals surface area contributed by atoms with Crippen LogP contribution in [0, 0.1) is 10.1 Å². The maximum Gasteiger partial charge on any atom is 0.343 e. The summed E-state index contributed by atoms with van der Waals surface area (Å²) in [6, 6.07) is 24.8. The molecular formula is C30H24N4O7. The molecule has 0 atom stereocenters. The van der Waals surface area contributed by atoms with Crippen molar-refractivity contribution in [3.63, 3.8) is 0 Å². The Hall–Kier alpha value is -5.84. The van der Waals surface area contributed by atoms with E-state index in [-0.39, 0.29) is 28.3 Å². The van der Waals surface area contributed by atoms with Gasteiger partial charge >= 0.3 is 5.97 Å². The van der Waals surface area contributed by atoms with E-state index in [0.29, 0.717) is 23.5 Å². The fourth-order valence-corrected chi connectivity index (χ4v) is 3.64. The van der Waals surface area contributed by atoms with Crippen LogP contribution in [0.1, 0.15) is 43.6 Å². The minimum Gasteiger partial charge on any atom is -0.490 e. The quantitative estimate of drug-likeness (QED) is 0.0899. The Morgan fingerprint density at radius 2 is 1.56 bits per heavy atom. The number of ether oxygens (including phenoxy) is 2. The lowest BCUT2D eigenvalue weighted by molar-refractivity contribution is -0.384. The number of esters is 1. The number of hydrogen-bond acceptors (Lipinski definition) is 8. The van der Waals surface area contributed by atoms with Gasteiger partial charge in [-0.3, -0.25) is 19.7 Å². The summed E-state index contributed by atoms with van der Waals surface area (Å²) >= 11 is 0. The zero-order chi connectivity index (χ0) is 29.2. The van der Waals surface area contributed by atoms with Crippen LogP contribution in [-0.2, 0) is 0 Å². The van der Waals surface area contributed by atoms with E-state index in [1.54, 1.807) is 73.7 Å². The number of amides is 2. The smallest absolute Gasteiger partial charge is 0.343 e. The van der Waals surface area contributed by atoms with Crippen LogP contribution in [0.3, 0.4) is 0 Å². The van der Waals surface area contributed by atoms with Crippen molar-refractivity contribution >= 4 is 35.4 Å². The normalized spacial score (nSPS) is 10.6. The third-order valence-corrected chi connectivity index (χ3v) is 5.62. The van der Waals surface area contributed by atoms with E-state index in [2.05, 4.69) is 15.8 Å². The van der Waals surface area contributed by atoms with Gasteiger partial charge in [0.2, 0.25) is 0 Å². The largest absolute Gasteiger partial charge is 0.490 e. The number of benzene rings is 4. The number of nitro benzene ring substituents is 1. The van der Waals surface area contributed by atoms with Crippen LogP contribution in [-0.4, -0.2) is 35.5 Å². The summed E-state index contributed by atoms with van der Waals surface area (Å²) < 4.78 is 11.1. The van der Waals surface area contributed by atoms with Crippen LogP contribution in [0.4, 0.5) is 11.4 Å². The summed E-state index contributed by atoms with van der Waals surface area (Å²) in [6.45, 7) is 2.12. The van der Waals surface area contributed by atoms with Crippen molar-refractivity contribution in [2.45, 2.75) is 6.92 Å². The van der Waals surface area contributed by atoms with Gasteiger partial charge in [0.1, 0.15) is 0 Å². The summed E-state index contributed by atoms with van der Waals surface area (Å²) in [4.78, 5) is 48.2. The Morgan fingerprint density at radius 3 is 2.27 bits per heavy atom. The Labute approximate surface area is 234 Å². The first kappa shape index (κ1) is 28.2. The van der Waals surface area contributed by atoms with Gasteiger partial charge in [0, 0.05) is 17.7 Å². The van der Waals surface area contributed by atoms with Crippen molar-refractivity contribution in [2.24, 2.45) is 5.10 Å². The Bertz CT molecular complexity index is 1600. The first-order valence-electron chi connectivity index (χ1n) is 12.4. The fraction of sp³-hybridized carbons (Fsp3) is 0.0667. The van der Waals surface area contributed by atoms with Gasteiger partial charge in [-0.15, -0.1) is 0 Å². The number of rotatable bonds is 10. The molecule has 0 saturated heterocycles. The number of nitrogens with zero attached hydrogens (tertiary/aromatic N) is 2. The van der Waals surface area contributed by atoms with E-state index in [1.807, 2.05) is 0 Å². The van der Waals surface area contributed by atoms with Crippen LogP contribution in [0.5, 0.6) is 11.5 Å². The topological polar surface area (TPSA) is 149 Å². The van der Waals surface area contributed by atoms with Crippen molar-refractivity contribution in [3.8, 4) is 11.5 Å². The van der Waals surface area contributed by atoms with Gasteiger partial charge in [-0.1, -0.05) is 30.3 Å². The number of nitro groups is 1. The number of hydrazone groups is 1. The van der Waals surface area contributed by atoms with Crippen molar-refractivity contribution < 1.29 is 28.8 Å². The molecule has 2 N–H and O–H groups in total. The average molecular weight is 553 g/mol. The SMILES string of the molecule is CCOc1cc(/C=N\NC(=O)c2ccccc2NC(=O)c2ccc([N+](=O)[O-])cc2)ccc1OC(=O)c1ccccc1. The molecule has 4 aromatic carbocycles. The van der Waals surface area contributed by atoms with Crippen LogP contribution in [0.15, 0.2) is 102 Å². The predicted molar refractivity (Wildman–Crippen MR) is 152 cm³/mol. The summed E-state index contributed by atoms with van der Waals surface area (Å²) in [6.07, 6.45) is 1.39. The first-order chi connectivity index (χ1) is 19.9. The molecule has 0 saturated carbocycles. The monoisotopic (exact) mass is 552 g/mol. The highest BCUT2D eigenvalue weighted by Gasteiger charge is 2.16. The Kier molecular flexibility index (Phi) is 9.13. The van der Waals surface area contributed by atoms with Gasteiger partial charge in [0.25, 0.3) is 17.5 Å². The second kappa shape index (κ2) is 13.3. The molecule has 0 fully saturated rings. The molecule has 2 amide bonds. The Balaban J connectivity index is 1.43. The molecule has 41 heavy (non-hydrogen) atoms. The molecule has 206 valence electrons. The molecule has 11 nitrogen and oxygen atoms in total. The lowest BCUT2D eigenvalue weighted by Crippen LogP contribution is -2.21. The van der Waals surface area contributed by atoms with Crippen LogP contribution >= 0.6 is 0 Å². The molecule has 0 aliphatic rings. The summed E-state index contributed by atoms with van der Waals surface area (Å²) in [7, 11) is 0. The van der Waals surface area contributed by atoms with Gasteiger partial charge in [-0.05, 0) is 67.1 Å². The van der Waals surface area contributed by atoms with Gasteiger partial charge in [0.15, 0.2) is 11.5 Å². The van der Waals surface area contributed by atoms with Crippen LogP contribution < -0.4 is 20.2 Å². The van der Waals surface area contributed by atoms with Crippen molar-refractivity contribution in [3.05, 3.63) is 129 Å². The minimum atomic E-state index is -0.584. The van der Waals surface area contributed by atoms with Crippen molar-refractivity contribution in [1.82, 2.24) is 5.43 Å². The van der Waals surface area contributed by atoms with Crippen LogP contribution in [0.25, 0.3) is 0 Å². The molecule has 0 radical (unpaired) electrons. The Morgan fingerprint density at radius 1 is 0.854 bits per heavy atom. The molecular weight excluding hydrogens is 528 g/mol. The molecule has 4 rings (SSSR count). The van der Waals surface area contributed by atoms with Crippen molar-refractivity contribution in [2.75, 3.05) is 11.9 Å². The van der Waals surface area contributed by atoms with Gasteiger partial charge in [-0.25, -0.2) is 10.2 Å². The molecule has 0 unspecified atom stereocenters. The van der Waals surface area contributed by atoms with E-state index in [9.17, 15) is 24.5 Å². The molecule has 0 heterocycles. The molecule has 11 heteroatoms. The molecule has 0 aliphatic carbocycles. The number of non-ortho nitro benzene ring substituents is 1. The molecule has 0 aliphatic heterocycles. The number of para-hydroxylation sites is 1. The molecule has 0 aromatic heterocycles. The average Bonchev–Trinajstić information content (AvgIpc) is 2.99. The second-order valence-electron chi connectivity index (χ2n) is 8.40. The summed E-state index contributed by atoms with van der Waals surface area (Å²) in [5.41, 5.74) is 3.80. The highest BCUT2D eigenvalue weighted by atomic mass is 16.6. The lowest BCUT2D eigenvalue weighted by Gasteiger charge is -2.11. The van der Waals surface area contributed by atoms with Gasteiger partial charge in [0.05, 0.1) is 34.6 Å². The van der Waals surface area contributed by atoms with E-state index < -0.39 is 22.7 Å². The molecule has 4 aromatic rings. The van der Waals surface area contributed by atoms with E-state index in [4.69, 9.17) is 9.47 Å². The van der Waals surface area contributed by atoms with E-state index in [0.717, 1.165) is 0 Å². The highest BCUT2D eigenvalue weighted by Crippen LogP contribution is 2.29. The molecule has 0 bridgehead atoms. The number of anilines is 1. The van der Waals surface area contributed by atoms with Gasteiger partial charge in [-0.2, -0.15) is 5.10 Å². The zero-order valence-corrected chi connectivity index (χ0v) is 21.8. The summed E-state index contributed by atoms with van der Waals surface area (Å²) in [5.74, 6) is -1.09. The maximum atomic E-state index is 12.8. The zero-order valence-electron chi connectivity index (χ0n) is 21.8. The number of carbonyl (C=O) groups is 3. The fourth-order valence-electron chi connectivity index (χ4n) is 3.64. The number of hydrogen-bond donors (Lipinski definition) is 2. The summed E-state index contributed by atoms with van der Waals surface area (Å²) in [5, 5.41) is 17.5. The third-order valence-electron chi connectivity index (χ3n) is 5.62. The second-order valence-corrected chi connectivity index (χ2v) is 8.40. The minimum absolute atomic E-state index is 0.143. The van der Waals surface area contributed by atoms with Crippen LogP contribution in [0.2, 0.25) is 0 Å². The first-order valence-corrected chi connectivity index (χ1v) is 12.4. The third kappa shape index (κ3) is 7.39. The van der Waals surface area contributed by atoms with Gasteiger partial charge < -0.3 is 14.8 Å². The van der Waals surface area contributed by atoms with E-state index >= 15 is 0 Å². The highest BCUT2D eigenvalue weighted by molar-refractivity contribution is 6.09. The molecule has 0 spiro atoms. The predicted octanol–water partition coefficient (Wildman–Crippen LogP) is 5.23.